The average molecular weight is 331 g/mol. The van der Waals surface area contributed by atoms with Crippen molar-refractivity contribution in [2.45, 2.75) is 25.3 Å². The monoisotopic (exact) mass is 331 g/mol. The molecule has 3 amide bonds. The number of benzene rings is 1. The fourth-order valence-electron chi connectivity index (χ4n) is 3.29. The molecule has 2 aliphatic heterocycles. The minimum Gasteiger partial charge on any atom is -0.481 e. The number of anilines is 1. The van der Waals surface area contributed by atoms with Gasteiger partial charge >= 0.3 is 12.0 Å². The van der Waals surface area contributed by atoms with E-state index in [0.717, 1.165) is 5.69 Å². The van der Waals surface area contributed by atoms with Crippen LogP contribution in [0.25, 0.3) is 0 Å². The maximum atomic E-state index is 12.4. The lowest BCUT2D eigenvalue weighted by molar-refractivity contribution is -0.143. The van der Waals surface area contributed by atoms with Crippen LogP contribution in [0.2, 0.25) is 0 Å². The summed E-state index contributed by atoms with van der Waals surface area (Å²) in [5.74, 6) is -1.39. The number of aliphatic carboxylic acids is 1. The summed E-state index contributed by atoms with van der Waals surface area (Å²) in [6.45, 7) is 1.22. The molecule has 2 fully saturated rings. The summed E-state index contributed by atoms with van der Waals surface area (Å²) in [5, 5.41) is 12.0. The van der Waals surface area contributed by atoms with Crippen molar-refractivity contribution >= 4 is 23.6 Å². The van der Waals surface area contributed by atoms with Crippen LogP contribution in [0.1, 0.15) is 19.3 Å². The van der Waals surface area contributed by atoms with E-state index < -0.39 is 11.9 Å². The predicted molar refractivity (Wildman–Crippen MR) is 87.7 cm³/mol. The standard InChI is InChI=1S/C17H21N3O4/c21-15-9-13(11-20(15)14-6-2-1-3-7-14)18-17(24)19-8-4-5-12(10-19)16(22)23/h1-3,6-7,12-13H,4-5,8-11H2,(H,18,24)(H,22,23). The van der Waals surface area contributed by atoms with Crippen LogP contribution in [0, 0.1) is 5.92 Å². The van der Waals surface area contributed by atoms with E-state index in [9.17, 15) is 14.4 Å². The summed E-state index contributed by atoms with van der Waals surface area (Å²) in [6.07, 6.45) is 1.55. The first-order valence-electron chi connectivity index (χ1n) is 8.18. The van der Waals surface area contributed by atoms with Crippen LogP contribution in [0.5, 0.6) is 0 Å². The highest BCUT2D eigenvalue weighted by Crippen LogP contribution is 2.22. The predicted octanol–water partition coefficient (Wildman–Crippen LogP) is 1.30. The smallest absolute Gasteiger partial charge is 0.317 e. The Kier molecular flexibility index (Phi) is 4.69. The van der Waals surface area contributed by atoms with Crippen LogP contribution in [-0.4, -0.2) is 53.6 Å². The minimum atomic E-state index is -0.862. The first kappa shape index (κ1) is 16.3. The zero-order valence-electron chi connectivity index (χ0n) is 13.4. The van der Waals surface area contributed by atoms with E-state index in [4.69, 9.17) is 5.11 Å². The number of carbonyl (C=O) groups is 3. The second kappa shape index (κ2) is 6.90. The molecule has 0 bridgehead atoms. The van der Waals surface area contributed by atoms with Crippen LogP contribution in [0.15, 0.2) is 30.3 Å². The molecule has 2 atom stereocenters. The van der Waals surface area contributed by atoms with Crippen LogP contribution in [-0.2, 0) is 9.59 Å². The number of nitrogens with one attached hydrogen (secondary N) is 1. The van der Waals surface area contributed by atoms with Crippen LogP contribution < -0.4 is 10.2 Å². The molecule has 2 heterocycles. The summed E-state index contributed by atoms with van der Waals surface area (Å²) in [6, 6.07) is 8.82. The first-order chi connectivity index (χ1) is 11.5. The van der Waals surface area contributed by atoms with Crippen molar-refractivity contribution in [3.8, 4) is 0 Å². The number of carboxylic acid groups (broad SMARTS) is 1. The van der Waals surface area contributed by atoms with Crippen LogP contribution in [0.3, 0.4) is 0 Å². The van der Waals surface area contributed by atoms with Gasteiger partial charge in [-0.2, -0.15) is 0 Å². The van der Waals surface area contributed by atoms with Crippen molar-refractivity contribution in [3.05, 3.63) is 30.3 Å². The van der Waals surface area contributed by atoms with E-state index in [1.165, 1.54) is 4.90 Å². The highest BCUT2D eigenvalue weighted by molar-refractivity contribution is 5.96. The molecule has 128 valence electrons. The molecular formula is C17H21N3O4. The Hall–Kier alpha value is -2.57. The Morgan fingerprint density at radius 1 is 1.17 bits per heavy atom. The number of nitrogens with zero attached hydrogens (tertiary/aromatic N) is 2. The van der Waals surface area contributed by atoms with E-state index in [0.29, 0.717) is 25.9 Å². The number of rotatable bonds is 3. The van der Waals surface area contributed by atoms with E-state index in [1.54, 1.807) is 4.90 Å². The van der Waals surface area contributed by atoms with Crippen molar-refractivity contribution in [3.63, 3.8) is 0 Å². The lowest BCUT2D eigenvalue weighted by Crippen LogP contribution is -2.50. The number of amides is 3. The SMILES string of the molecule is O=C(O)C1CCCN(C(=O)NC2CC(=O)N(c3ccccc3)C2)C1. The maximum Gasteiger partial charge on any atom is 0.317 e. The number of hydrogen-bond acceptors (Lipinski definition) is 3. The van der Waals surface area contributed by atoms with Crippen molar-refractivity contribution < 1.29 is 19.5 Å². The lowest BCUT2D eigenvalue weighted by Gasteiger charge is -2.31. The number of hydrogen-bond donors (Lipinski definition) is 2. The van der Waals surface area contributed by atoms with Gasteiger partial charge in [0.2, 0.25) is 5.91 Å². The van der Waals surface area contributed by atoms with Gasteiger partial charge in [-0.05, 0) is 25.0 Å². The van der Waals surface area contributed by atoms with Gasteiger partial charge < -0.3 is 20.2 Å². The third kappa shape index (κ3) is 3.50. The zero-order valence-corrected chi connectivity index (χ0v) is 13.4. The highest BCUT2D eigenvalue weighted by Gasteiger charge is 2.34. The third-order valence-electron chi connectivity index (χ3n) is 4.58. The van der Waals surface area contributed by atoms with E-state index >= 15 is 0 Å². The number of urea groups is 1. The summed E-state index contributed by atoms with van der Waals surface area (Å²) in [5.41, 5.74) is 0.822. The molecule has 1 aromatic carbocycles. The molecule has 7 nitrogen and oxygen atoms in total. The van der Waals surface area contributed by atoms with Crippen molar-refractivity contribution in [2.75, 3.05) is 24.5 Å². The molecule has 0 aromatic heterocycles. The minimum absolute atomic E-state index is 0.0199. The normalized spacial score (nSPS) is 24.1. The largest absolute Gasteiger partial charge is 0.481 e. The zero-order chi connectivity index (χ0) is 17.1. The summed E-state index contributed by atoms with van der Waals surface area (Å²) < 4.78 is 0. The summed E-state index contributed by atoms with van der Waals surface area (Å²) >= 11 is 0. The lowest BCUT2D eigenvalue weighted by atomic mass is 9.99. The molecule has 1 aromatic rings. The second-order valence-corrected chi connectivity index (χ2v) is 6.31. The highest BCUT2D eigenvalue weighted by atomic mass is 16.4. The molecule has 0 spiro atoms. The first-order valence-corrected chi connectivity index (χ1v) is 8.18. The molecule has 24 heavy (non-hydrogen) atoms. The number of piperidine rings is 1. The van der Waals surface area contributed by atoms with E-state index in [-0.39, 0.29) is 30.9 Å². The molecule has 3 rings (SSSR count). The molecule has 2 N–H and O–H groups in total. The van der Waals surface area contributed by atoms with Crippen molar-refractivity contribution in [1.82, 2.24) is 10.2 Å². The Balaban J connectivity index is 1.58. The Bertz CT molecular complexity index is 634. The molecular weight excluding hydrogens is 310 g/mol. The van der Waals surface area contributed by atoms with Gasteiger partial charge in [-0.25, -0.2) is 4.79 Å². The Morgan fingerprint density at radius 3 is 2.62 bits per heavy atom. The molecule has 2 aliphatic rings. The van der Waals surface area contributed by atoms with E-state index in [1.807, 2.05) is 30.3 Å². The Morgan fingerprint density at radius 2 is 1.92 bits per heavy atom. The summed E-state index contributed by atoms with van der Waals surface area (Å²) in [4.78, 5) is 38.8. The van der Waals surface area contributed by atoms with Gasteiger partial charge in [0, 0.05) is 31.7 Å². The van der Waals surface area contributed by atoms with Crippen molar-refractivity contribution in [2.24, 2.45) is 5.92 Å². The quantitative estimate of drug-likeness (QED) is 0.873. The number of carboxylic acids is 1. The van der Waals surface area contributed by atoms with Gasteiger partial charge in [0.15, 0.2) is 0 Å². The van der Waals surface area contributed by atoms with Crippen molar-refractivity contribution in [1.29, 1.82) is 0 Å². The topological polar surface area (TPSA) is 90.0 Å². The third-order valence-corrected chi connectivity index (χ3v) is 4.58. The van der Waals surface area contributed by atoms with Gasteiger partial charge in [0.05, 0.1) is 12.0 Å². The molecule has 0 radical (unpaired) electrons. The second-order valence-electron chi connectivity index (χ2n) is 6.31. The fraction of sp³-hybridized carbons (Fsp3) is 0.471. The number of carbonyl (C=O) groups excluding carboxylic acids is 2. The molecule has 2 saturated heterocycles. The van der Waals surface area contributed by atoms with Gasteiger partial charge in [-0.3, -0.25) is 9.59 Å². The van der Waals surface area contributed by atoms with Gasteiger partial charge in [0.25, 0.3) is 0 Å². The van der Waals surface area contributed by atoms with Crippen LogP contribution >= 0.6 is 0 Å². The number of likely N-dealkylation sites (tertiary alicyclic amines) is 1. The van der Waals surface area contributed by atoms with Gasteiger partial charge in [-0.15, -0.1) is 0 Å². The molecule has 0 saturated carbocycles. The molecule has 7 heteroatoms. The van der Waals surface area contributed by atoms with Gasteiger partial charge in [-0.1, -0.05) is 18.2 Å². The van der Waals surface area contributed by atoms with Crippen LogP contribution in [0.4, 0.5) is 10.5 Å². The summed E-state index contributed by atoms with van der Waals surface area (Å²) in [7, 11) is 0. The number of para-hydroxylation sites is 1. The van der Waals surface area contributed by atoms with E-state index in [2.05, 4.69) is 5.32 Å². The molecule has 2 unspecified atom stereocenters. The van der Waals surface area contributed by atoms with Gasteiger partial charge in [0.1, 0.15) is 0 Å². The Labute approximate surface area is 140 Å². The maximum absolute atomic E-state index is 12.4. The fourth-order valence-corrected chi connectivity index (χ4v) is 3.29. The molecule has 0 aliphatic carbocycles. The average Bonchev–Trinajstić information content (AvgIpc) is 2.96.